The van der Waals surface area contributed by atoms with Gasteiger partial charge < -0.3 is 21.3 Å². The zero-order valence-electron chi connectivity index (χ0n) is 16.6. The van der Waals surface area contributed by atoms with Crippen LogP contribution in [-0.4, -0.2) is 48.0 Å². The minimum absolute atomic E-state index is 0.0281. The summed E-state index contributed by atoms with van der Waals surface area (Å²) < 4.78 is 0. The van der Waals surface area contributed by atoms with E-state index in [1.54, 1.807) is 29.2 Å². The third-order valence-electron chi connectivity index (χ3n) is 4.16. The molecule has 0 saturated heterocycles. The Morgan fingerprint density at radius 2 is 1.66 bits per heavy atom. The topological polar surface area (TPSA) is 105 Å². The lowest BCUT2D eigenvalue weighted by atomic mass is 10.1. The van der Waals surface area contributed by atoms with Crippen LogP contribution in [0.2, 0.25) is 0 Å². The second-order valence-electron chi connectivity index (χ2n) is 6.21. The first-order valence-corrected chi connectivity index (χ1v) is 10.4. The molecule has 0 aliphatic carbocycles. The highest BCUT2D eigenvalue weighted by molar-refractivity contribution is 8.00. The molecule has 0 unspecified atom stereocenters. The number of nitrogens with one attached hydrogen (secondary N) is 2. The monoisotopic (exact) mass is 414 g/mol. The number of carbonyl (C=O) groups excluding carboxylic acids is 3. The average molecular weight is 415 g/mol. The molecule has 2 aromatic rings. The predicted octanol–water partition coefficient (Wildman–Crippen LogP) is 2.80. The first-order valence-electron chi connectivity index (χ1n) is 9.37. The fourth-order valence-electron chi connectivity index (χ4n) is 2.66. The van der Waals surface area contributed by atoms with E-state index in [1.807, 2.05) is 38.1 Å². The Morgan fingerprint density at radius 3 is 2.28 bits per heavy atom. The van der Waals surface area contributed by atoms with Gasteiger partial charge in [-0.2, -0.15) is 0 Å². The molecule has 0 aliphatic rings. The molecule has 154 valence electrons. The number of hydrogen-bond donors (Lipinski definition) is 3. The molecule has 0 heterocycles. The molecule has 0 atom stereocenters. The maximum absolute atomic E-state index is 12.3. The fraction of sp³-hybridized carbons (Fsp3) is 0.286. The highest BCUT2D eigenvalue weighted by atomic mass is 32.2. The summed E-state index contributed by atoms with van der Waals surface area (Å²) in [5.41, 5.74) is 7.15. The van der Waals surface area contributed by atoms with Crippen molar-refractivity contribution in [3.8, 4) is 0 Å². The smallest absolute Gasteiger partial charge is 0.253 e. The number of nitrogens with two attached hydrogens (primary N) is 1. The normalized spacial score (nSPS) is 10.3. The second-order valence-corrected chi connectivity index (χ2v) is 7.22. The Kier molecular flexibility index (Phi) is 8.54. The maximum Gasteiger partial charge on any atom is 0.253 e. The van der Waals surface area contributed by atoms with Gasteiger partial charge in [0.15, 0.2) is 0 Å². The molecule has 7 nitrogen and oxygen atoms in total. The van der Waals surface area contributed by atoms with E-state index in [-0.39, 0.29) is 24.1 Å². The Hall–Kier alpha value is -3.00. The van der Waals surface area contributed by atoms with E-state index in [0.717, 1.165) is 10.6 Å². The highest BCUT2D eigenvalue weighted by Gasteiger charge is 2.12. The molecule has 8 heteroatoms. The van der Waals surface area contributed by atoms with Gasteiger partial charge in [-0.15, -0.1) is 11.8 Å². The van der Waals surface area contributed by atoms with Crippen LogP contribution in [0, 0.1) is 0 Å². The Morgan fingerprint density at radius 1 is 1.00 bits per heavy atom. The molecule has 2 rings (SSSR count). The van der Waals surface area contributed by atoms with Gasteiger partial charge in [0.2, 0.25) is 11.8 Å². The number of amides is 3. The van der Waals surface area contributed by atoms with Crippen LogP contribution in [0.5, 0.6) is 0 Å². The van der Waals surface area contributed by atoms with E-state index in [2.05, 4.69) is 10.6 Å². The van der Waals surface area contributed by atoms with Crippen molar-refractivity contribution in [1.82, 2.24) is 4.90 Å². The van der Waals surface area contributed by atoms with E-state index in [4.69, 9.17) is 5.73 Å². The summed E-state index contributed by atoms with van der Waals surface area (Å²) in [6, 6.07) is 14.2. The summed E-state index contributed by atoms with van der Waals surface area (Å²) in [6.07, 6.45) is 0. The van der Waals surface area contributed by atoms with Crippen LogP contribution >= 0.6 is 11.8 Å². The van der Waals surface area contributed by atoms with Gasteiger partial charge in [0.25, 0.3) is 5.91 Å². The Balaban J connectivity index is 1.92. The van der Waals surface area contributed by atoms with Gasteiger partial charge in [-0.05, 0) is 50.2 Å². The van der Waals surface area contributed by atoms with Crippen LogP contribution in [0.4, 0.5) is 11.4 Å². The largest absolute Gasteiger partial charge is 0.375 e. The fourth-order valence-corrected chi connectivity index (χ4v) is 3.43. The van der Waals surface area contributed by atoms with Crippen molar-refractivity contribution < 1.29 is 14.4 Å². The lowest BCUT2D eigenvalue weighted by Crippen LogP contribution is -2.30. The van der Waals surface area contributed by atoms with E-state index in [9.17, 15) is 14.4 Å². The maximum atomic E-state index is 12.3. The SMILES string of the molecule is CCN(CC)C(=O)c1ccc(NC(=O)CNc2ccccc2SCC(N)=O)cc1. The number of thioether (sulfide) groups is 1. The number of para-hydroxylation sites is 1. The van der Waals surface area contributed by atoms with Crippen molar-refractivity contribution in [3.63, 3.8) is 0 Å². The zero-order chi connectivity index (χ0) is 21.2. The van der Waals surface area contributed by atoms with Crippen LogP contribution < -0.4 is 16.4 Å². The van der Waals surface area contributed by atoms with Crippen molar-refractivity contribution in [2.75, 3.05) is 36.0 Å². The molecule has 2 aromatic carbocycles. The van der Waals surface area contributed by atoms with Crippen molar-refractivity contribution in [1.29, 1.82) is 0 Å². The third-order valence-corrected chi connectivity index (χ3v) is 5.26. The zero-order valence-corrected chi connectivity index (χ0v) is 17.4. The standard InChI is InChI=1S/C21H26N4O3S/c1-3-25(4-2)21(28)15-9-11-16(12-10-15)24-20(27)13-23-17-7-5-6-8-18(17)29-14-19(22)26/h5-12,23H,3-4,13-14H2,1-2H3,(H2,22,26)(H,24,27). The third kappa shape index (κ3) is 6.83. The summed E-state index contributed by atoms with van der Waals surface area (Å²) in [5, 5.41) is 5.87. The van der Waals surface area contributed by atoms with Crippen LogP contribution in [0.15, 0.2) is 53.4 Å². The predicted molar refractivity (Wildman–Crippen MR) is 117 cm³/mol. The van der Waals surface area contributed by atoms with Gasteiger partial charge in [0.05, 0.1) is 12.3 Å². The lowest BCUT2D eigenvalue weighted by molar-refractivity contribution is -0.116. The lowest BCUT2D eigenvalue weighted by Gasteiger charge is -2.18. The molecule has 0 aromatic heterocycles. The molecule has 0 spiro atoms. The van der Waals surface area contributed by atoms with Crippen LogP contribution in [0.25, 0.3) is 0 Å². The first kappa shape index (κ1) is 22.3. The van der Waals surface area contributed by atoms with Gasteiger partial charge >= 0.3 is 0 Å². The van der Waals surface area contributed by atoms with Gasteiger partial charge in [0.1, 0.15) is 0 Å². The minimum atomic E-state index is -0.398. The van der Waals surface area contributed by atoms with E-state index in [1.165, 1.54) is 11.8 Å². The van der Waals surface area contributed by atoms with Crippen molar-refractivity contribution in [2.24, 2.45) is 5.73 Å². The van der Waals surface area contributed by atoms with Crippen molar-refractivity contribution >= 4 is 40.9 Å². The number of carbonyl (C=O) groups is 3. The molecule has 29 heavy (non-hydrogen) atoms. The number of anilines is 2. The van der Waals surface area contributed by atoms with Gasteiger partial charge in [-0.1, -0.05) is 12.1 Å². The molecule has 0 fully saturated rings. The van der Waals surface area contributed by atoms with E-state index in [0.29, 0.717) is 24.3 Å². The van der Waals surface area contributed by atoms with Gasteiger partial charge in [0, 0.05) is 34.9 Å². The van der Waals surface area contributed by atoms with Crippen LogP contribution in [0.3, 0.4) is 0 Å². The first-order chi connectivity index (χ1) is 13.9. The molecule has 0 bridgehead atoms. The number of benzene rings is 2. The number of primary amides is 1. The average Bonchev–Trinajstić information content (AvgIpc) is 2.72. The summed E-state index contributed by atoms with van der Waals surface area (Å²) in [7, 11) is 0. The van der Waals surface area contributed by atoms with Crippen LogP contribution in [-0.2, 0) is 9.59 Å². The Labute approximate surface area is 175 Å². The van der Waals surface area contributed by atoms with Gasteiger partial charge in [-0.25, -0.2) is 0 Å². The molecule has 0 saturated carbocycles. The number of nitrogens with zero attached hydrogens (tertiary/aromatic N) is 1. The number of rotatable bonds is 10. The molecule has 0 radical (unpaired) electrons. The Bertz CT molecular complexity index is 851. The summed E-state index contributed by atoms with van der Waals surface area (Å²) in [4.78, 5) is 38.1. The molecular formula is C21H26N4O3S. The summed E-state index contributed by atoms with van der Waals surface area (Å²) in [5.74, 6) is -0.476. The quantitative estimate of drug-likeness (QED) is 0.519. The molecule has 3 amide bonds. The second kappa shape index (κ2) is 11.1. The molecule has 4 N–H and O–H groups in total. The molecular weight excluding hydrogens is 388 g/mol. The number of hydrogen-bond acceptors (Lipinski definition) is 5. The van der Waals surface area contributed by atoms with Gasteiger partial charge in [-0.3, -0.25) is 14.4 Å². The summed E-state index contributed by atoms with van der Waals surface area (Å²) in [6.45, 7) is 5.24. The van der Waals surface area contributed by atoms with Crippen LogP contribution in [0.1, 0.15) is 24.2 Å². The highest BCUT2D eigenvalue weighted by Crippen LogP contribution is 2.26. The summed E-state index contributed by atoms with van der Waals surface area (Å²) >= 11 is 1.32. The molecule has 0 aliphatic heterocycles. The van der Waals surface area contributed by atoms with E-state index >= 15 is 0 Å². The van der Waals surface area contributed by atoms with Crippen molar-refractivity contribution in [2.45, 2.75) is 18.7 Å². The van der Waals surface area contributed by atoms with Crippen molar-refractivity contribution in [3.05, 3.63) is 54.1 Å². The minimum Gasteiger partial charge on any atom is -0.375 e. The van der Waals surface area contributed by atoms with E-state index < -0.39 is 5.91 Å².